The Morgan fingerprint density at radius 3 is 2.46 bits per heavy atom. The number of aromatic nitrogens is 1. The van der Waals surface area contributed by atoms with E-state index in [9.17, 15) is 4.79 Å². The van der Waals surface area contributed by atoms with Gasteiger partial charge in [0.25, 0.3) is 5.91 Å². The van der Waals surface area contributed by atoms with Crippen LogP contribution in [0.5, 0.6) is 0 Å². The number of carbonyl (C=O) groups excluding carboxylic acids is 1. The molecule has 0 saturated carbocycles. The minimum absolute atomic E-state index is 0.0688. The third kappa shape index (κ3) is 3.39. The van der Waals surface area contributed by atoms with Crippen LogP contribution in [0.25, 0.3) is 10.2 Å². The number of carbonyl (C=O) groups is 1. The Bertz CT molecular complexity index is 878. The summed E-state index contributed by atoms with van der Waals surface area (Å²) in [5.74, 6) is 5.24. The van der Waals surface area contributed by atoms with E-state index in [4.69, 9.17) is 5.84 Å². The fourth-order valence-corrected chi connectivity index (χ4v) is 3.15. The third-order valence-electron chi connectivity index (χ3n) is 3.78. The monoisotopic (exact) mass is 340 g/mol. The molecule has 5 nitrogen and oxygen atoms in total. The largest absolute Gasteiger partial charge is 0.322 e. The molecule has 0 atom stereocenters. The highest BCUT2D eigenvalue weighted by Gasteiger charge is 2.14. The number of hydrogen-bond acceptors (Lipinski definition) is 5. The number of nitrogen functional groups attached to an aromatic ring is 1. The predicted octanol–water partition coefficient (Wildman–Crippen LogP) is 4.13. The van der Waals surface area contributed by atoms with E-state index >= 15 is 0 Å². The molecule has 24 heavy (non-hydrogen) atoms. The first kappa shape index (κ1) is 16.4. The Balaban J connectivity index is 1.79. The lowest BCUT2D eigenvalue weighted by atomic mass is 9.87. The second kappa shape index (κ2) is 6.22. The number of nitrogens with two attached hydrogens (primary N) is 1. The molecule has 4 N–H and O–H groups in total. The highest BCUT2D eigenvalue weighted by molar-refractivity contribution is 7.22. The molecule has 124 valence electrons. The average molecular weight is 340 g/mol. The second-order valence-electron chi connectivity index (χ2n) is 6.63. The van der Waals surface area contributed by atoms with Crippen LogP contribution in [0.1, 0.15) is 36.7 Å². The Hall–Kier alpha value is -2.44. The van der Waals surface area contributed by atoms with Crippen molar-refractivity contribution in [1.82, 2.24) is 4.98 Å². The number of fused-ring (bicyclic) bond motifs is 1. The van der Waals surface area contributed by atoms with E-state index in [-0.39, 0.29) is 11.3 Å². The molecule has 1 amide bonds. The molecule has 0 spiro atoms. The van der Waals surface area contributed by atoms with Crippen molar-refractivity contribution in [2.24, 2.45) is 5.84 Å². The molecule has 3 aromatic rings. The minimum atomic E-state index is -0.137. The molecule has 0 aliphatic heterocycles. The van der Waals surface area contributed by atoms with E-state index < -0.39 is 0 Å². The first-order valence-corrected chi connectivity index (χ1v) is 8.47. The fraction of sp³-hybridized carbons (Fsp3) is 0.222. The van der Waals surface area contributed by atoms with Gasteiger partial charge in [-0.25, -0.2) is 10.8 Å². The summed E-state index contributed by atoms with van der Waals surface area (Å²) in [5.41, 5.74) is 5.95. The molecule has 0 aliphatic carbocycles. The normalized spacial score (nSPS) is 11.5. The van der Waals surface area contributed by atoms with Crippen LogP contribution < -0.4 is 16.6 Å². The van der Waals surface area contributed by atoms with Crippen LogP contribution in [0.2, 0.25) is 0 Å². The number of rotatable bonds is 3. The second-order valence-corrected chi connectivity index (χ2v) is 7.66. The summed E-state index contributed by atoms with van der Waals surface area (Å²) in [5, 5.41) is 3.55. The quantitative estimate of drug-likeness (QED) is 0.495. The lowest BCUT2D eigenvalue weighted by molar-refractivity contribution is 0.102. The van der Waals surface area contributed by atoms with Crippen molar-refractivity contribution in [1.29, 1.82) is 0 Å². The van der Waals surface area contributed by atoms with Crippen molar-refractivity contribution in [3.63, 3.8) is 0 Å². The number of hydrogen-bond donors (Lipinski definition) is 3. The summed E-state index contributed by atoms with van der Waals surface area (Å²) in [6, 6.07) is 13.3. The molecule has 0 unspecified atom stereocenters. The summed E-state index contributed by atoms with van der Waals surface area (Å²) in [6.45, 7) is 6.45. The Labute approximate surface area is 144 Å². The molecule has 0 saturated heterocycles. The van der Waals surface area contributed by atoms with Gasteiger partial charge in [0, 0.05) is 11.3 Å². The van der Waals surface area contributed by atoms with Crippen molar-refractivity contribution >= 4 is 38.3 Å². The molecule has 2 aromatic carbocycles. The first-order chi connectivity index (χ1) is 11.4. The van der Waals surface area contributed by atoms with Gasteiger partial charge in [-0.15, -0.1) is 0 Å². The molecule has 0 radical (unpaired) electrons. The topological polar surface area (TPSA) is 80.0 Å². The number of thiazole rings is 1. The van der Waals surface area contributed by atoms with E-state index in [2.05, 4.69) is 36.5 Å². The number of nitrogens with zero attached hydrogens (tertiary/aromatic N) is 1. The molecule has 6 heteroatoms. The third-order valence-corrected chi connectivity index (χ3v) is 4.75. The number of amides is 1. The number of anilines is 2. The first-order valence-electron chi connectivity index (χ1n) is 7.66. The molecule has 1 aromatic heterocycles. The van der Waals surface area contributed by atoms with E-state index in [1.807, 2.05) is 42.5 Å². The molecular formula is C18H20N4OS. The van der Waals surface area contributed by atoms with Gasteiger partial charge in [0.15, 0.2) is 5.13 Å². The Morgan fingerprint density at radius 1 is 1.12 bits per heavy atom. The molecule has 3 rings (SSSR count). The van der Waals surface area contributed by atoms with Crippen LogP contribution in [0.15, 0.2) is 42.5 Å². The van der Waals surface area contributed by atoms with Gasteiger partial charge in [0.05, 0.1) is 10.2 Å². The van der Waals surface area contributed by atoms with Crippen LogP contribution >= 0.6 is 11.3 Å². The number of benzene rings is 2. The highest BCUT2D eigenvalue weighted by atomic mass is 32.1. The maximum absolute atomic E-state index is 12.4. The summed E-state index contributed by atoms with van der Waals surface area (Å²) in [6.07, 6.45) is 0. The smallest absolute Gasteiger partial charge is 0.255 e. The van der Waals surface area contributed by atoms with Gasteiger partial charge >= 0.3 is 0 Å². The zero-order valence-electron chi connectivity index (χ0n) is 13.9. The molecule has 0 fully saturated rings. The lowest BCUT2D eigenvalue weighted by Gasteiger charge is -2.19. The SMILES string of the molecule is CC(C)(C)c1ccc(C(=O)Nc2ccc3sc(NN)nc3c2)cc1. The molecule has 0 aliphatic rings. The van der Waals surface area contributed by atoms with Crippen LogP contribution in [-0.2, 0) is 5.41 Å². The Kier molecular flexibility index (Phi) is 4.26. The number of hydrazine groups is 1. The van der Waals surface area contributed by atoms with Crippen LogP contribution in [0.3, 0.4) is 0 Å². The van der Waals surface area contributed by atoms with Crippen molar-refractivity contribution in [2.45, 2.75) is 26.2 Å². The van der Waals surface area contributed by atoms with Gasteiger partial charge in [0.1, 0.15) is 0 Å². The summed E-state index contributed by atoms with van der Waals surface area (Å²) in [4.78, 5) is 16.8. The molecular weight excluding hydrogens is 320 g/mol. The standard InChI is InChI=1S/C18H20N4OS/c1-18(2,3)12-6-4-11(5-7-12)16(23)20-13-8-9-15-14(10-13)21-17(22-19)24-15/h4-10H,19H2,1-3H3,(H,20,23)(H,21,22). The van der Waals surface area contributed by atoms with E-state index in [1.54, 1.807) is 0 Å². The van der Waals surface area contributed by atoms with Gasteiger partial charge in [-0.2, -0.15) is 0 Å². The highest BCUT2D eigenvalue weighted by Crippen LogP contribution is 2.28. The van der Waals surface area contributed by atoms with Crippen molar-refractivity contribution in [2.75, 3.05) is 10.7 Å². The van der Waals surface area contributed by atoms with Gasteiger partial charge < -0.3 is 5.32 Å². The van der Waals surface area contributed by atoms with Crippen LogP contribution in [-0.4, -0.2) is 10.9 Å². The summed E-state index contributed by atoms with van der Waals surface area (Å²) >= 11 is 1.47. The zero-order valence-corrected chi connectivity index (χ0v) is 14.7. The maximum atomic E-state index is 12.4. The Morgan fingerprint density at radius 2 is 1.83 bits per heavy atom. The lowest BCUT2D eigenvalue weighted by Crippen LogP contribution is -2.14. The summed E-state index contributed by atoms with van der Waals surface area (Å²) in [7, 11) is 0. The maximum Gasteiger partial charge on any atom is 0.255 e. The summed E-state index contributed by atoms with van der Waals surface area (Å²) < 4.78 is 1.01. The average Bonchev–Trinajstić information content (AvgIpc) is 2.96. The van der Waals surface area contributed by atoms with Gasteiger partial charge in [-0.3, -0.25) is 10.2 Å². The van der Waals surface area contributed by atoms with Crippen molar-refractivity contribution in [3.05, 3.63) is 53.6 Å². The van der Waals surface area contributed by atoms with Crippen molar-refractivity contribution < 1.29 is 4.79 Å². The number of nitrogens with one attached hydrogen (secondary N) is 2. The molecule has 1 heterocycles. The minimum Gasteiger partial charge on any atom is -0.322 e. The predicted molar refractivity (Wildman–Crippen MR) is 101 cm³/mol. The fourth-order valence-electron chi connectivity index (χ4n) is 2.39. The van der Waals surface area contributed by atoms with E-state index in [0.29, 0.717) is 16.4 Å². The van der Waals surface area contributed by atoms with E-state index in [1.165, 1.54) is 16.9 Å². The van der Waals surface area contributed by atoms with Gasteiger partial charge in [-0.1, -0.05) is 44.2 Å². The van der Waals surface area contributed by atoms with Crippen molar-refractivity contribution in [3.8, 4) is 0 Å². The van der Waals surface area contributed by atoms with Gasteiger partial charge in [0.2, 0.25) is 0 Å². The van der Waals surface area contributed by atoms with Crippen LogP contribution in [0, 0.1) is 0 Å². The molecule has 0 bridgehead atoms. The van der Waals surface area contributed by atoms with Gasteiger partial charge in [-0.05, 0) is 41.3 Å². The van der Waals surface area contributed by atoms with E-state index in [0.717, 1.165) is 10.2 Å². The van der Waals surface area contributed by atoms with Crippen LogP contribution in [0.4, 0.5) is 10.8 Å². The zero-order chi connectivity index (χ0) is 17.3.